The maximum Gasteiger partial charge on any atom is 0.314 e. The highest BCUT2D eigenvalue weighted by Crippen LogP contribution is 2.01. The summed E-state index contributed by atoms with van der Waals surface area (Å²) in [6.45, 7) is 8.09. The molecule has 0 radical (unpaired) electrons. The Morgan fingerprint density at radius 1 is 1.44 bits per heavy atom. The molecule has 1 rings (SSSR count). The van der Waals surface area contributed by atoms with Crippen molar-refractivity contribution in [1.29, 1.82) is 0 Å². The minimum absolute atomic E-state index is 0.101. The molecule has 5 nitrogen and oxygen atoms in total. The molecule has 2 amide bonds. The van der Waals surface area contributed by atoms with E-state index in [1.54, 1.807) is 0 Å². The Balaban J connectivity index is 2.21. The third-order valence-electron chi connectivity index (χ3n) is 2.27. The molecular formula is C11H20N4O. The molecule has 16 heavy (non-hydrogen) atoms. The third-order valence-corrected chi connectivity index (χ3v) is 2.27. The van der Waals surface area contributed by atoms with Crippen LogP contribution in [0, 0.1) is 13.8 Å². The molecule has 0 aliphatic rings. The molecule has 1 aromatic rings. The van der Waals surface area contributed by atoms with Crippen LogP contribution in [0.1, 0.15) is 24.7 Å². The van der Waals surface area contributed by atoms with Crippen LogP contribution in [0.25, 0.3) is 0 Å². The maximum absolute atomic E-state index is 11.1. The molecule has 0 bridgehead atoms. The molecule has 0 spiro atoms. The van der Waals surface area contributed by atoms with Gasteiger partial charge in [0.15, 0.2) is 0 Å². The van der Waals surface area contributed by atoms with E-state index in [4.69, 9.17) is 0 Å². The van der Waals surface area contributed by atoms with Crippen molar-refractivity contribution >= 4 is 6.03 Å². The molecule has 0 saturated heterocycles. The SMILES string of the molecule is CCNC(=O)NCCCn1nc(C)cc1C. The third kappa shape index (κ3) is 3.92. The van der Waals surface area contributed by atoms with Crippen LogP contribution in [0.3, 0.4) is 0 Å². The van der Waals surface area contributed by atoms with Gasteiger partial charge < -0.3 is 10.6 Å². The Bertz CT molecular complexity index is 346. The number of nitrogens with zero attached hydrogens (tertiary/aromatic N) is 2. The molecule has 0 unspecified atom stereocenters. The zero-order valence-electron chi connectivity index (χ0n) is 10.2. The Hall–Kier alpha value is -1.52. The van der Waals surface area contributed by atoms with Gasteiger partial charge in [-0.25, -0.2) is 4.79 Å². The van der Waals surface area contributed by atoms with Gasteiger partial charge in [0, 0.05) is 25.3 Å². The average Bonchev–Trinajstić information content (AvgIpc) is 2.53. The summed E-state index contributed by atoms with van der Waals surface area (Å²) in [6, 6.07) is 1.95. The number of aromatic nitrogens is 2. The van der Waals surface area contributed by atoms with Crippen molar-refractivity contribution in [3.63, 3.8) is 0 Å². The van der Waals surface area contributed by atoms with Gasteiger partial charge in [-0.3, -0.25) is 4.68 Å². The maximum atomic E-state index is 11.1. The molecule has 0 aromatic carbocycles. The Morgan fingerprint density at radius 3 is 2.75 bits per heavy atom. The molecule has 0 aliphatic heterocycles. The quantitative estimate of drug-likeness (QED) is 0.739. The summed E-state index contributed by atoms with van der Waals surface area (Å²) in [5, 5.41) is 9.83. The number of carbonyl (C=O) groups is 1. The topological polar surface area (TPSA) is 59.0 Å². The van der Waals surface area contributed by atoms with E-state index in [-0.39, 0.29) is 6.03 Å². The highest BCUT2D eigenvalue weighted by molar-refractivity contribution is 5.73. The smallest absolute Gasteiger partial charge is 0.314 e. The second-order valence-corrected chi connectivity index (χ2v) is 3.79. The zero-order chi connectivity index (χ0) is 12.0. The Labute approximate surface area is 96.2 Å². The van der Waals surface area contributed by atoms with Crippen LogP contribution in [-0.4, -0.2) is 28.9 Å². The van der Waals surface area contributed by atoms with Crippen molar-refractivity contribution in [2.75, 3.05) is 13.1 Å². The summed E-state index contributed by atoms with van der Waals surface area (Å²) in [5.41, 5.74) is 2.20. The first-order valence-electron chi connectivity index (χ1n) is 5.66. The van der Waals surface area contributed by atoms with Gasteiger partial charge in [0.25, 0.3) is 0 Å². The molecular weight excluding hydrogens is 204 g/mol. The highest BCUT2D eigenvalue weighted by atomic mass is 16.2. The first-order valence-corrected chi connectivity index (χ1v) is 5.66. The lowest BCUT2D eigenvalue weighted by molar-refractivity contribution is 0.241. The predicted octanol–water partition coefficient (Wildman–Crippen LogP) is 1.21. The van der Waals surface area contributed by atoms with Gasteiger partial charge >= 0.3 is 6.03 Å². The molecule has 1 heterocycles. The van der Waals surface area contributed by atoms with Crippen molar-refractivity contribution in [3.05, 3.63) is 17.5 Å². The van der Waals surface area contributed by atoms with Crippen LogP contribution < -0.4 is 10.6 Å². The minimum atomic E-state index is -0.101. The van der Waals surface area contributed by atoms with Gasteiger partial charge in [0.1, 0.15) is 0 Å². The van der Waals surface area contributed by atoms with Crippen LogP contribution in [0.2, 0.25) is 0 Å². The molecule has 1 aromatic heterocycles. The van der Waals surface area contributed by atoms with E-state index in [1.165, 1.54) is 0 Å². The second kappa shape index (κ2) is 6.15. The van der Waals surface area contributed by atoms with E-state index in [0.29, 0.717) is 13.1 Å². The fourth-order valence-electron chi connectivity index (χ4n) is 1.56. The summed E-state index contributed by atoms with van der Waals surface area (Å²) >= 11 is 0. The van der Waals surface area contributed by atoms with E-state index in [0.717, 1.165) is 24.4 Å². The van der Waals surface area contributed by atoms with Gasteiger partial charge in [0.2, 0.25) is 0 Å². The summed E-state index contributed by atoms with van der Waals surface area (Å²) in [7, 11) is 0. The number of hydrogen-bond acceptors (Lipinski definition) is 2. The number of rotatable bonds is 5. The van der Waals surface area contributed by atoms with Gasteiger partial charge in [-0.05, 0) is 33.3 Å². The zero-order valence-corrected chi connectivity index (χ0v) is 10.2. The summed E-state index contributed by atoms with van der Waals surface area (Å²) in [4.78, 5) is 11.1. The van der Waals surface area contributed by atoms with Crippen molar-refractivity contribution in [2.24, 2.45) is 0 Å². The van der Waals surface area contributed by atoms with Gasteiger partial charge in [-0.1, -0.05) is 0 Å². The number of urea groups is 1. The van der Waals surface area contributed by atoms with E-state index < -0.39 is 0 Å². The van der Waals surface area contributed by atoms with Crippen molar-refractivity contribution in [2.45, 2.75) is 33.7 Å². The largest absolute Gasteiger partial charge is 0.338 e. The lowest BCUT2D eigenvalue weighted by Crippen LogP contribution is -2.36. The lowest BCUT2D eigenvalue weighted by atomic mass is 10.4. The average molecular weight is 224 g/mol. The molecule has 0 atom stereocenters. The Morgan fingerprint density at radius 2 is 2.19 bits per heavy atom. The van der Waals surface area contributed by atoms with Gasteiger partial charge in [-0.15, -0.1) is 0 Å². The van der Waals surface area contributed by atoms with Gasteiger partial charge in [-0.2, -0.15) is 5.10 Å². The first-order chi connectivity index (χ1) is 7.63. The summed E-state index contributed by atoms with van der Waals surface area (Å²) in [5.74, 6) is 0. The van der Waals surface area contributed by atoms with E-state index in [9.17, 15) is 4.79 Å². The van der Waals surface area contributed by atoms with Crippen molar-refractivity contribution in [1.82, 2.24) is 20.4 Å². The summed E-state index contributed by atoms with van der Waals surface area (Å²) in [6.07, 6.45) is 0.888. The molecule has 2 N–H and O–H groups in total. The van der Waals surface area contributed by atoms with Crippen LogP contribution in [0.5, 0.6) is 0 Å². The van der Waals surface area contributed by atoms with E-state index >= 15 is 0 Å². The lowest BCUT2D eigenvalue weighted by Gasteiger charge is -2.06. The molecule has 0 saturated carbocycles. The predicted molar refractivity (Wildman–Crippen MR) is 63.4 cm³/mol. The molecule has 0 aliphatic carbocycles. The number of nitrogens with one attached hydrogen (secondary N) is 2. The van der Waals surface area contributed by atoms with Crippen molar-refractivity contribution in [3.8, 4) is 0 Å². The Kier molecular flexibility index (Phi) is 4.82. The summed E-state index contributed by atoms with van der Waals surface area (Å²) < 4.78 is 1.97. The van der Waals surface area contributed by atoms with Crippen molar-refractivity contribution < 1.29 is 4.79 Å². The van der Waals surface area contributed by atoms with E-state index in [1.807, 2.05) is 25.5 Å². The van der Waals surface area contributed by atoms with Crippen LogP contribution in [-0.2, 0) is 6.54 Å². The second-order valence-electron chi connectivity index (χ2n) is 3.79. The number of amides is 2. The molecule has 90 valence electrons. The minimum Gasteiger partial charge on any atom is -0.338 e. The standard InChI is InChI=1S/C11H20N4O/c1-4-12-11(16)13-6-5-7-15-10(3)8-9(2)14-15/h8H,4-7H2,1-3H3,(H2,12,13,16). The van der Waals surface area contributed by atoms with Crippen LogP contribution in [0.4, 0.5) is 4.79 Å². The number of aryl methyl sites for hydroxylation is 3. The fraction of sp³-hybridized carbons (Fsp3) is 0.636. The number of hydrogen-bond donors (Lipinski definition) is 2. The van der Waals surface area contributed by atoms with Crippen LogP contribution >= 0.6 is 0 Å². The van der Waals surface area contributed by atoms with E-state index in [2.05, 4.69) is 21.8 Å². The highest BCUT2D eigenvalue weighted by Gasteiger charge is 2.01. The van der Waals surface area contributed by atoms with Crippen LogP contribution in [0.15, 0.2) is 6.07 Å². The molecule has 0 fully saturated rings. The van der Waals surface area contributed by atoms with Gasteiger partial charge in [0.05, 0.1) is 5.69 Å². The number of carbonyl (C=O) groups excluding carboxylic acids is 1. The molecule has 5 heteroatoms. The first kappa shape index (κ1) is 12.5. The monoisotopic (exact) mass is 224 g/mol. The fourth-order valence-corrected chi connectivity index (χ4v) is 1.56. The normalized spacial score (nSPS) is 10.2.